The summed E-state index contributed by atoms with van der Waals surface area (Å²) in [6, 6.07) is 5.25. The van der Waals surface area contributed by atoms with Gasteiger partial charge in [0.05, 0.1) is 6.54 Å². The smallest absolute Gasteiger partial charge is 0.336 e. The number of fused-ring (bicyclic) bond motifs is 1. The molecular weight excluding hydrogens is 336 g/mol. The first-order valence-electron chi connectivity index (χ1n) is 8.55. The maximum Gasteiger partial charge on any atom is 0.336 e. The summed E-state index contributed by atoms with van der Waals surface area (Å²) in [6.07, 6.45) is 2.01. The number of benzene rings is 1. The molecule has 0 radical (unpaired) electrons. The van der Waals surface area contributed by atoms with Crippen LogP contribution in [0.25, 0.3) is 11.0 Å². The van der Waals surface area contributed by atoms with E-state index in [-0.39, 0.29) is 31.0 Å². The van der Waals surface area contributed by atoms with E-state index in [1.807, 2.05) is 6.92 Å². The molecule has 7 heteroatoms. The third-order valence-electron chi connectivity index (χ3n) is 4.42. The number of nitrogens with zero attached hydrogens (tertiary/aromatic N) is 1. The zero-order chi connectivity index (χ0) is 18.8. The minimum atomic E-state index is -0.423. The van der Waals surface area contributed by atoms with Crippen LogP contribution in [-0.2, 0) is 9.59 Å². The number of amides is 2. The van der Waals surface area contributed by atoms with Crippen LogP contribution in [0.5, 0.6) is 5.75 Å². The molecule has 1 aromatic carbocycles. The molecule has 0 spiro atoms. The molecule has 0 bridgehead atoms. The number of hydrogen-bond acceptors (Lipinski definition) is 5. The normalized spacial score (nSPS) is 13.5. The van der Waals surface area contributed by atoms with Gasteiger partial charge < -0.3 is 19.4 Å². The van der Waals surface area contributed by atoms with Crippen LogP contribution in [0.2, 0.25) is 0 Å². The predicted octanol–water partition coefficient (Wildman–Crippen LogP) is 1.53. The molecule has 0 saturated heterocycles. The van der Waals surface area contributed by atoms with Crippen LogP contribution in [0.1, 0.15) is 24.0 Å². The van der Waals surface area contributed by atoms with Crippen LogP contribution in [0.3, 0.4) is 0 Å². The Balaban J connectivity index is 1.65. The largest absolute Gasteiger partial charge is 0.483 e. The molecule has 1 fully saturated rings. The van der Waals surface area contributed by atoms with Crippen molar-refractivity contribution in [2.24, 2.45) is 0 Å². The fraction of sp³-hybridized carbons (Fsp3) is 0.421. The Morgan fingerprint density at radius 3 is 2.73 bits per heavy atom. The van der Waals surface area contributed by atoms with Gasteiger partial charge in [-0.3, -0.25) is 9.59 Å². The van der Waals surface area contributed by atoms with Gasteiger partial charge in [0.15, 0.2) is 6.61 Å². The van der Waals surface area contributed by atoms with Crippen molar-refractivity contribution >= 4 is 22.8 Å². The van der Waals surface area contributed by atoms with Crippen LogP contribution < -0.4 is 15.7 Å². The first kappa shape index (κ1) is 18.0. The highest BCUT2D eigenvalue weighted by Crippen LogP contribution is 2.28. The van der Waals surface area contributed by atoms with Gasteiger partial charge in [0, 0.05) is 30.1 Å². The van der Waals surface area contributed by atoms with Crippen molar-refractivity contribution in [3.05, 3.63) is 39.7 Å². The molecule has 2 aromatic rings. The van der Waals surface area contributed by atoms with Crippen LogP contribution in [-0.4, -0.2) is 43.0 Å². The summed E-state index contributed by atoms with van der Waals surface area (Å²) in [4.78, 5) is 36.9. The number of aryl methyl sites for hydroxylation is 2. The molecule has 1 aliphatic carbocycles. The molecule has 3 rings (SSSR count). The van der Waals surface area contributed by atoms with Crippen molar-refractivity contribution < 1.29 is 18.7 Å². The average molecular weight is 358 g/mol. The van der Waals surface area contributed by atoms with Crippen molar-refractivity contribution in [3.8, 4) is 5.75 Å². The van der Waals surface area contributed by atoms with E-state index < -0.39 is 5.63 Å². The highest BCUT2D eigenvalue weighted by atomic mass is 16.5. The van der Waals surface area contributed by atoms with Crippen LogP contribution in [0.4, 0.5) is 0 Å². The van der Waals surface area contributed by atoms with Gasteiger partial charge in [0.1, 0.15) is 11.3 Å². The molecule has 1 N–H and O–H groups in total. The Labute approximate surface area is 150 Å². The highest BCUT2D eigenvalue weighted by Gasteiger charge is 2.24. The number of nitrogens with one attached hydrogen (secondary N) is 1. The summed E-state index contributed by atoms with van der Waals surface area (Å²) in [6.45, 7) is 3.42. The quantitative estimate of drug-likeness (QED) is 0.791. The van der Waals surface area contributed by atoms with Crippen molar-refractivity contribution in [3.63, 3.8) is 0 Å². The van der Waals surface area contributed by atoms with Gasteiger partial charge in [-0.2, -0.15) is 0 Å². The zero-order valence-corrected chi connectivity index (χ0v) is 15.1. The van der Waals surface area contributed by atoms with E-state index in [1.54, 1.807) is 26.1 Å². The molecule has 1 heterocycles. The fourth-order valence-corrected chi connectivity index (χ4v) is 2.71. The van der Waals surface area contributed by atoms with Gasteiger partial charge in [0.2, 0.25) is 5.91 Å². The lowest BCUT2D eigenvalue weighted by molar-refractivity contribution is -0.136. The monoisotopic (exact) mass is 358 g/mol. The SMILES string of the molecule is Cc1cc(=O)oc2c(C)c(OCC(=O)N(C)CC(=O)NC3CC3)ccc12. The minimum absolute atomic E-state index is 0.00344. The van der Waals surface area contributed by atoms with Gasteiger partial charge in [-0.05, 0) is 44.4 Å². The average Bonchev–Trinajstić information content (AvgIpc) is 3.38. The Hall–Kier alpha value is -2.83. The second-order valence-electron chi connectivity index (χ2n) is 6.69. The molecule has 26 heavy (non-hydrogen) atoms. The van der Waals surface area contributed by atoms with E-state index >= 15 is 0 Å². The first-order chi connectivity index (χ1) is 12.3. The first-order valence-corrected chi connectivity index (χ1v) is 8.55. The van der Waals surface area contributed by atoms with E-state index in [0.29, 0.717) is 16.9 Å². The summed E-state index contributed by atoms with van der Waals surface area (Å²) in [7, 11) is 1.56. The summed E-state index contributed by atoms with van der Waals surface area (Å²) in [5.74, 6) is -0.000873. The van der Waals surface area contributed by atoms with Crippen molar-refractivity contribution in [2.75, 3.05) is 20.2 Å². The van der Waals surface area contributed by atoms with E-state index in [0.717, 1.165) is 23.8 Å². The summed E-state index contributed by atoms with van der Waals surface area (Å²) < 4.78 is 10.9. The Kier molecular flexibility index (Phi) is 4.97. The van der Waals surface area contributed by atoms with Gasteiger partial charge in [0.25, 0.3) is 5.91 Å². The zero-order valence-electron chi connectivity index (χ0n) is 15.1. The molecule has 138 valence electrons. The van der Waals surface area contributed by atoms with Gasteiger partial charge in [-0.25, -0.2) is 4.79 Å². The molecule has 0 unspecified atom stereocenters. The summed E-state index contributed by atoms with van der Waals surface area (Å²) >= 11 is 0. The lowest BCUT2D eigenvalue weighted by Gasteiger charge is -2.18. The second kappa shape index (κ2) is 7.19. The molecule has 0 aliphatic heterocycles. The van der Waals surface area contributed by atoms with E-state index in [4.69, 9.17) is 9.15 Å². The molecular formula is C19H22N2O5. The second-order valence-corrected chi connectivity index (χ2v) is 6.69. The Bertz CT molecular complexity index is 914. The van der Waals surface area contributed by atoms with Crippen LogP contribution >= 0.6 is 0 Å². The number of carbonyl (C=O) groups is 2. The molecule has 7 nitrogen and oxygen atoms in total. The maximum absolute atomic E-state index is 12.2. The van der Waals surface area contributed by atoms with E-state index in [1.165, 1.54) is 11.0 Å². The third-order valence-corrected chi connectivity index (χ3v) is 4.42. The lowest BCUT2D eigenvalue weighted by atomic mass is 10.1. The van der Waals surface area contributed by atoms with Crippen LogP contribution in [0.15, 0.2) is 27.4 Å². The highest BCUT2D eigenvalue weighted by molar-refractivity contribution is 5.86. The van der Waals surface area contributed by atoms with E-state index in [9.17, 15) is 14.4 Å². The predicted molar refractivity (Wildman–Crippen MR) is 96.3 cm³/mol. The Morgan fingerprint density at radius 1 is 1.31 bits per heavy atom. The topological polar surface area (TPSA) is 88.8 Å². The summed E-state index contributed by atoms with van der Waals surface area (Å²) in [5, 5.41) is 3.67. The van der Waals surface area contributed by atoms with Crippen molar-refractivity contribution in [1.82, 2.24) is 10.2 Å². The molecule has 1 aliphatic rings. The van der Waals surface area contributed by atoms with E-state index in [2.05, 4.69) is 5.32 Å². The minimum Gasteiger partial charge on any atom is -0.483 e. The van der Waals surface area contributed by atoms with Crippen LogP contribution in [0, 0.1) is 13.8 Å². The molecule has 0 atom stereocenters. The van der Waals surface area contributed by atoms with Crippen molar-refractivity contribution in [2.45, 2.75) is 32.7 Å². The number of carbonyl (C=O) groups excluding carboxylic acids is 2. The standard InChI is InChI=1S/C19H22N2O5/c1-11-8-18(24)26-19-12(2)15(7-6-14(11)19)25-10-17(23)21(3)9-16(22)20-13-4-5-13/h6-8,13H,4-5,9-10H2,1-3H3,(H,20,22). The van der Waals surface area contributed by atoms with Gasteiger partial charge >= 0.3 is 5.63 Å². The maximum atomic E-state index is 12.2. The number of rotatable bonds is 6. The molecule has 2 amide bonds. The van der Waals surface area contributed by atoms with Gasteiger partial charge in [-0.15, -0.1) is 0 Å². The van der Waals surface area contributed by atoms with Crippen molar-refractivity contribution in [1.29, 1.82) is 0 Å². The third kappa shape index (κ3) is 4.04. The molecule has 1 aromatic heterocycles. The number of hydrogen-bond donors (Lipinski definition) is 1. The Morgan fingerprint density at radius 2 is 2.04 bits per heavy atom. The summed E-state index contributed by atoms with van der Waals surface area (Å²) in [5.41, 5.74) is 1.51. The lowest BCUT2D eigenvalue weighted by Crippen LogP contribution is -2.40. The fourth-order valence-electron chi connectivity index (χ4n) is 2.71. The molecule has 1 saturated carbocycles. The number of ether oxygens (including phenoxy) is 1. The number of likely N-dealkylation sites (N-methyl/N-ethyl adjacent to an activating group) is 1. The van der Waals surface area contributed by atoms with Gasteiger partial charge in [-0.1, -0.05) is 0 Å².